The Bertz CT molecular complexity index is 812. The molecule has 27 heavy (non-hydrogen) atoms. The summed E-state index contributed by atoms with van der Waals surface area (Å²) in [6.45, 7) is 2.53. The minimum Gasteiger partial charge on any atom is -0.342 e. The van der Waals surface area contributed by atoms with Gasteiger partial charge in [-0.2, -0.15) is 4.98 Å². The maximum absolute atomic E-state index is 12.3. The van der Waals surface area contributed by atoms with Crippen LogP contribution in [0.3, 0.4) is 0 Å². The SMILES string of the molecule is CS(=O)(=O)N1CCC(c2noc(CC3CN(C(=O)C4CC=CC4)C3)n2)CC1. The normalized spacial score (nSPS) is 23.1. The molecular formula is C18H26N4O4S. The second kappa shape index (κ2) is 7.35. The molecule has 1 aromatic rings. The quantitative estimate of drug-likeness (QED) is 0.696. The molecule has 1 amide bonds. The van der Waals surface area contributed by atoms with Gasteiger partial charge in [0.15, 0.2) is 5.82 Å². The molecule has 148 valence electrons. The van der Waals surface area contributed by atoms with E-state index in [1.165, 1.54) is 10.6 Å². The minimum atomic E-state index is -3.12. The maximum atomic E-state index is 12.3. The Morgan fingerprint density at radius 2 is 1.89 bits per heavy atom. The molecule has 3 aliphatic rings. The summed E-state index contributed by atoms with van der Waals surface area (Å²) in [5.74, 6) is 2.23. The lowest BCUT2D eigenvalue weighted by atomic mass is 9.93. The molecule has 0 spiro atoms. The molecule has 0 radical (unpaired) electrons. The van der Waals surface area contributed by atoms with Crippen LogP contribution in [0, 0.1) is 11.8 Å². The average Bonchev–Trinajstić information content (AvgIpc) is 3.28. The van der Waals surface area contributed by atoms with Gasteiger partial charge < -0.3 is 9.42 Å². The first-order valence-electron chi connectivity index (χ1n) is 9.61. The van der Waals surface area contributed by atoms with E-state index in [1.807, 2.05) is 4.90 Å². The molecule has 2 aliphatic heterocycles. The van der Waals surface area contributed by atoms with E-state index < -0.39 is 10.0 Å². The standard InChI is InChI=1S/C18H26N4O4S/c1-27(24,25)22-8-6-14(7-9-22)17-19-16(26-20-17)10-13-11-21(12-13)18(23)15-4-2-3-5-15/h2-3,13-15H,4-12H2,1H3. The van der Waals surface area contributed by atoms with Gasteiger partial charge in [0.2, 0.25) is 21.8 Å². The van der Waals surface area contributed by atoms with E-state index in [1.54, 1.807) is 0 Å². The number of nitrogens with zero attached hydrogens (tertiary/aromatic N) is 4. The Labute approximate surface area is 159 Å². The molecule has 0 atom stereocenters. The highest BCUT2D eigenvalue weighted by molar-refractivity contribution is 7.88. The fourth-order valence-electron chi connectivity index (χ4n) is 4.17. The number of allylic oxidation sites excluding steroid dienone is 2. The van der Waals surface area contributed by atoms with E-state index in [9.17, 15) is 13.2 Å². The number of hydrogen-bond donors (Lipinski definition) is 0. The number of rotatable bonds is 5. The third-order valence-electron chi connectivity index (χ3n) is 5.86. The monoisotopic (exact) mass is 394 g/mol. The van der Waals surface area contributed by atoms with Crippen molar-refractivity contribution in [3.63, 3.8) is 0 Å². The van der Waals surface area contributed by atoms with Gasteiger partial charge in [-0.15, -0.1) is 0 Å². The summed E-state index contributed by atoms with van der Waals surface area (Å²) in [7, 11) is -3.12. The van der Waals surface area contributed by atoms with Crippen LogP contribution in [0.15, 0.2) is 16.7 Å². The molecule has 8 nitrogen and oxygen atoms in total. The predicted octanol–water partition coefficient (Wildman–Crippen LogP) is 1.18. The van der Waals surface area contributed by atoms with Gasteiger partial charge in [-0.25, -0.2) is 12.7 Å². The third kappa shape index (κ3) is 4.08. The van der Waals surface area contributed by atoms with Crippen molar-refractivity contribution in [2.75, 3.05) is 32.4 Å². The van der Waals surface area contributed by atoms with E-state index in [0.29, 0.717) is 50.0 Å². The van der Waals surface area contributed by atoms with Gasteiger partial charge >= 0.3 is 0 Å². The first-order chi connectivity index (χ1) is 12.9. The lowest BCUT2D eigenvalue weighted by Crippen LogP contribution is -2.52. The van der Waals surface area contributed by atoms with Crippen LogP contribution in [0.25, 0.3) is 0 Å². The number of sulfonamides is 1. The highest BCUT2D eigenvalue weighted by Gasteiger charge is 2.36. The molecule has 2 fully saturated rings. The molecule has 9 heteroatoms. The van der Waals surface area contributed by atoms with Crippen LogP contribution in [0.5, 0.6) is 0 Å². The van der Waals surface area contributed by atoms with Crippen molar-refractivity contribution in [2.24, 2.45) is 11.8 Å². The van der Waals surface area contributed by atoms with E-state index in [4.69, 9.17) is 4.52 Å². The van der Waals surface area contributed by atoms with Crippen molar-refractivity contribution >= 4 is 15.9 Å². The second-order valence-electron chi connectivity index (χ2n) is 7.94. The Hall–Kier alpha value is -1.74. The number of carbonyl (C=O) groups excluding carboxylic acids is 1. The van der Waals surface area contributed by atoms with Crippen LogP contribution in [0.2, 0.25) is 0 Å². The topological polar surface area (TPSA) is 96.6 Å². The highest BCUT2D eigenvalue weighted by atomic mass is 32.2. The summed E-state index contributed by atoms with van der Waals surface area (Å²) in [5, 5.41) is 4.11. The van der Waals surface area contributed by atoms with Crippen molar-refractivity contribution in [3.8, 4) is 0 Å². The highest BCUT2D eigenvalue weighted by Crippen LogP contribution is 2.29. The Kier molecular flexibility index (Phi) is 5.07. The molecule has 4 rings (SSSR count). The van der Waals surface area contributed by atoms with Crippen LogP contribution < -0.4 is 0 Å². The fraction of sp³-hybridized carbons (Fsp3) is 0.722. The lowest BCUT2D eigenvalue weighted by molar-refractivity contribution is -0.141. The summed E-state index contributed by atoms with van der Waals surface area (Å²) in [4.78, 5) is 18.8. The Balaban J connectivity index is 1.24. The van der Waals surface area contributed by atoms with Crippen molar-refractivity contribution in [2.45, 2.75) is 38.0 Å². The number of amides is 1. The lowest BCUT2D eigenvalue weighted by Gasteiger charge is -2.40. The van der Waals surface area contributed by atoms with E-state index in [-0.39, 0.29) is 17.7 Å². The number of hydrogen-bond acceptors (Lipinski definition) is 6. The van der Waals surface area contributed by atoms with Gasteiger partial charge in [0, 0.05) is 50.4 Å². The number of likely N-dealkylation sites (tertiary alicyclic amines) is 1. The minimum absolute atomic E-state index is 0.138. The van der Waals surface area contributed by atoms with Crippen LogP contribution in [0.4, 0.5) is 0 Å². The maximum Gasteiger partial charge on any atom is 0.227 e. The second-order valence-corrected chi connectivity index (χ2v) is 9.92. The number of piperidine rings is 1. The first kappa shape index (κ1) is 18.6. The van der Waals surface area contributed by atoms with Crippen LogP contribution in [-0.4, -0.2) is 66.1 Å². The van der Waals surface area contributed by atoms with E-state index in [2.05, 4.69) is 22.3 Å². The van der Waals surface area contributed by atoms with Gasteiger partial charge in [-0.3, -0.25) is 4.79 Å². The molecule has 0 aromatic carbocycles. The van der Waals surface area contributed by atoms with Gasteiger partial charge in [0.05, 0.1) is 6.26 Å². The fourth-order valence-corrected chi connectivity index (χ4v) is 5.04. The zero-order valence-corrected chi connectivity index (χ0v) is 16.4. The number of carbonyl (C=O) groups is 1. The molecule has 0 bridgehead atoms. The van der Waals surface area contributed by atoms with Crippen LogP contribution in [0.1, 0.15) is 43.3 Å². The van der Waals surface area contributed by atoms with Gasteiger partial charge in [-0.05, 0) is 25.7 Å². The molecule has 0 unspecified atom stereocenters. The third-order valence-corrected chi connectivity index (χ3v) is 7.16. The summed E-state index contributed by atoms with van der Waals surface area (Å²) in [5.41, 5.74) is 0. The molecule has 0 N–H and O–H groups in total. The number of aromatic nitrogens is 2. The van der Waals surface area contributed by atoms with Crippen molar-refractivity contribution in [3.05, 3.63) is 23.9 Å². The van der Waals surface area contributed by atoms with Crippen molar-refractivity contribution in [1.29, 1.82) is 0 Å². The summed E-state index contributed by atoms with van der Waals surface area (Å²) >= 11 is 0. The zero-order chi connectivity index (χ0) is 19.0. The van der Waals surface area contributed by atoms with Crippen molar-refractivity contribution in [1.82, 2.24) is 19.3 Å². The van der Waals surface area contributed by atoms with Gasteiger partial charge in [0.25, 0.3) is 0 Å². The Morgan fingerprint density at radius 1 is 1.22 bits per heavy atom. The van der Waals surface area contributed by atoms with Gasteiger partial charge in [0.1, 0.15) is 0 Å². The van der Waals surface area contributed by atoms with Crippen LogP contribution >= 0.6 is 0 Å². The molecule has 3 heterocycles. The predicted molar refractivity (Wildman–Crippen MR) is 98.3 cm³/mol. The molecule has 1 aliphatic carbocycles. The van der Waals surface area contributed by atoms with E-state index in [0.717, 1.165) is 25.9 Å². The first-order valence-corrected chi connectivity index (χ1v) is 11.5. The smallest absolute Gasteiger partial charge is 0.227 e. The van der Waals surface area contributed by atoms with E-state index >= 15 is 0 Å². The van der Waals surface area contributed by atoms with Crippen molar-refractivity contribution < 1.29 is 17.7 Å². The molecule has 0 saturated carbocycles. The largest absolute Gasteiger partial charge is 0.342 e. The average molecular weight is 394 g/mol. The summed E-state index contributed by atoms with van der Waals surface area (Å²) in [6, 6.07) is 0. The molecular weight excluding hydrogens is 368 g/mol. The summed E-state index contributed by atoms with van der Waals surface area (Å²) < 4.78 is 30.1. The summed E-state index contributed by atoms with van der Waals surface area (Å²) in [6.07, 6.45) is 9.27. The van der Waals surface area contributed by atoms with Crippen LogP contribution in [-0.2, 0) is 21.2 Å². The molecule has 2 saturated heterocycles. The zero-order valence-electron chi connectivity index (χ0n) is 15.6. The molecule has 1 aromatic heterocycles. The Morgan fingerprint density at radius 3 is 2.52 bits per heavy atom. The van der Waals surface area contributed by atoms with Gasteiger partial charge in [-0.1, -0.05) is 17.3 Å².